The summed E-state index contributed by atoms with van der Waals surface area (Å²) in [4.78, 5) is 15.1. The van der Waals surface area contributed by atoms with Crippen molar-refractivity contribution in [3.63, 3.8) is 0 Å². The Bertz CT molecular complexity index is 964. The lowest BCUT2D eigenvalue weighted by Gasteiger charge is -2.26. The van der Waals surface area contributed by atoms with Crippen molar-refractivity contribution in [2.75, 3.05) is 13.1 Å². The molecule has 4 nitrogen and oxygen atoms in total. The van der Waals surface area contributed by atoms with Crippen molar-refractivity contribution in [1.82, 2.24) is 10.2 Å². The molecule has 0 unspecified atom stereocenters. The molecule has 4 rings (SSSR count). The van der Waals surface area contributed by atoms with Crippen LogP contribution in [0, 0.1) is 0 Å². The third-order valence-electron chi connectivity index (χ3n) is 5.68. The first-order chi connectivity index (χ1) is 15.3. The molecule has 0 atom stereocenters. The van der Waals surface area contributed by atoms with Crippen molar-refractivity contribution in [2.45, 2.75) is 39.0 Å². The number of ether oxygens (including phenoxy) is 1. The number of benzene rings is 3. The van der Waals surface area contributed by atoms with Crippen LogP contribution in [0.2, 0.25) is 0 Å². The number of carbonyl (C=O) groups is 1. The molecule has 0 aliphatic carbocycles. The fourth-order valence-electron chi connectivity index (χ4n) is 3.89. The summed E-state index contributed by atoms with van der Waals surface area (Å²) >= 11 is 0. The van der Waals surface area contributed by atoms with Crippen LogP contribution in [0.15, 0.2) is 78.9 Å². The van der Waals surface area contributed by atoms with Gasteiger partial charge in [0, 0.05) is 18.7 Å². The third-order valence-corrected chi connectivity index (χ3v) is 5.68. The van der Waals surface area contributed by atoms with Crippen LogP contribution in [0.4, 0.5) is 0 Å². The molecule has 0 bridgehead atoms. The maximum atomic E-state index is 12.6. The molecule has 1 heterocycles. The van der Waals surface area contributed by atoms with Gasteiger partial charge < -0.3 is 10.1 Å². The molecule has 31 heavy (non-hydrogen) atoms. The molecular weight excluding hydrogens is 384 g/mol. The Morgan fingerprint density at radius 2 is 1.55 bits per heavy atom. The minimum atomic E-state index is -0.0949. The predicted molar refractivity (Wildman–Crippen MR) is 124 cm³/mol. The van der Waals surface area contributed by atoms with E-state index in [1.165, 1.54) is 37.9 Å². The fourth-order valence-corrected chi connectivity index (χ4v) is 3.89. The van der Waals surface area contributed by atoms with Crippen LogP contribution in [0.25, 0.3) is 0 Å². The Kier molecular flexibility index (Phi) is 7.35. The van der Waals surface area contributed by atoms with Gasteiger partial charge in [-0.3, -0.25) is 9.69 Å². The Morgan fingerprint density at radius 3 is 2.32 bits per heavy atom. The van der Waals surface area contributed by atoms with Gasteiger partial charge in [0.2, 0.25) is 0 Å². The molecule has 0 saturated carbocycles. The van der Waals surface area contributed by atoms with Gasteiger partial charge in [0.25, 0.3) is 5.91 Å². The zero-order valence-corrected chi connectivity index (χ0v) is 17.9. The smallest absolute Gasteiger partial charge is 0.251 e. The van der Waals surface area contributed by atoms with Gasteiger partial charge in [-0.2, -0.15) is 0 Å². The zero-order chi connectivity index (χ0) is 21.3. The topological polar surface area (TPSA) is 41.6 Å². The highest BCUT2D eigenvalue weighted by Gasteiger charge is 2.11. The lowest BCUT2D eigenvalue weighted by atomic mass is 10.1. The minimum Gasteiger partial charge on any atom is -0.489 e. The fraction of sp³-hybridized carbons (Fsp3) is 0.296. The highest BCUT2D eigenvalue weighted by molar-refractivity contribution is 5.94. The zero-order valence-electron chi connectivity index (χ0n) is 17.9. The molecule has 1 fully saturated rings. The first-order valence-electron chi connectivity index (χ1n) is 11.1. The van der Waals surface area contributed by atoms with Crippen molar-refractivity contribution in [1.29, 1.82) is 0 Å². The SMILES string of the molecule is O=C(NCc1ccc(CN2CCCCC2)cc1)c1cccc(OCc2ccccc2)c1. The summed E-state index contributed by atoms with van der Waals surface area (Å²) in [5.41, 5.74) is 4.14. The lowest BCUT2D eigenvalue weighted by molar-refractivity contribution is 0.0950. The number of nitrogens with zero attached hydrogens (tertiary/aromatic N) is 1. The third kappa shape index (κ3) is 6.43. The van der Waals surface area contributed by atoms with Crippen molar-refractivity contribution in [3.05, 3.63) is 101 Å². The average molecular weight is 415 g/mol. The summed E-state index contributed by atoms with van der Waals surface area (Å²) in [6.45, 7) is 4.41. The van der Waals surface area contributed by atoms with Gasteiger partial charge in [0.05, 0.1) is 0 Å². The van der Waals surface area contributed by atoms with Crippen molar-refractivity contribution >= 4 is 5.91 Å². The molecule has 0 spiro atoms. The van der Waals surface area contributed by atoms with E-state index in [0.29, 0.717) is 24.5 Å². The maximum absolute atomic E-state index is 12.6. The van der Waals surface area contributed by atoms with E-state index >= 15 is 0 Å². The Balaban J connectivity index is 1.27. The molecular formula is C27H30N2O2. The van der Waals surface area contributed by atoms with Crippen LogP contribution in [0.5, 0.6) is 5.75 Å². The van der Waals surface area contributed by atoms with E-state index < -0.39 is 0 Å². The average Bonchev–Trinajstić information content (AvgIpc) is 2.83. The lowest BCUT2D eigenvalue weighted by Crippen LogP contribution is -2.29. The van der Waals surface area contributed by atoms with Gasteiger partial charge in [0.1, 0.15) is 12.4 Å². The van der Waals surface area contributed by atoms with Gasteiger partial charge in [-0.25, -0.2) is 0 Å². The standard InChI is InChI=1S/C27H30N2O2/c30-27(25-10-7-11-26(18-25)31-21-24-8-3-1-4-9-24)28-19-22-12-14-23(15-13-22)20-29-16-5-2-6-17-29/h1,3-4,7-15,18H,2,5-6,16-17,19-21H2,(H,28,30). The normalized spacial score (nSPS) is 14.2. The molecule has 3 aromatic rings. The second kappa shape index (κ2) is 10.8. The van der Waals surface area contributed by atoms with Gasteiger partial charge in [0.15, 0.2) is 0 Å². The molecule has 1 N–H and O–H groups in total. The van der Waals surface area contributed by atoms with E-state index in [9.17, 15) is 4.79 Å². The van der Waals surface area contributed by atoms with Gasteiger partial charge in [-0.1, -0.05) is 67.1 Å². The molecule has 0 radical (unpaired) electrons. The largest absolute Gasteiger partial charge is 0.489 e. The van der Waals surface area contributed by atoms with E-state index in [2.05, 4.69) is 34.5 Å². The van der Waals surface area contributed by atoms with Gasteiger partial charge in [-0.05, 0) is 60.8 Å². The number of likely N-dealkylation sites (tertiary alicyclic amines) is 1. The number of carbonyl (C=O) groups excluding carboxylic acids is 1. The molecule has 3 aromatic carbocycles. The first kappa shape index (κ1) is 21.1. The van der Waals surface area contributed by atoms with Crippen LogP contribution in [0.1, 0.15) is 46.3 Å². The number of piperidine rings is 1. The van der Waals surface area contributed by atoms with Gasteiger partial charge in [-0.15, -0.1) is 0 Å². The maximum Gasteiger partial charge on any atom is 0.251 e. The van der Waals surface area contributed by atoms with E-state index in [-0.39, 0.29) is 5.91 Å². The summed E-state index contributed by atoms with van der Waals surface area (Å²) in [7, 11) is 0. The first-order valence-corrected chi connectivity index (χ1v) is 11.1. The van der Waals surface area contributed by atoms with E-state index in [1.54, 1.807) is 6.07 Å². The quantitative estimate of drug-likeness (QED) is 0.552. The number of hydrogen-bond acceptors (Lipinski definition) is 3. The van der Waals surface area contributed by atoms with Crippen molar-refractivity contribution < 1.29 is 9.53 Å². The highest BCUT2D eigenvalue weighted by atomic mass is 16.5. The number of rotatable bonds is 8. The molecule has 1 aliphatic heterocycles. The predicted octanol–water partition coefficient (Wildman–Crippen LogP) is 5.18. The Labute approximate surface area is 184 Å². The minimum absolute atomic E-state index is 0.0949. The Morgan fingerprint density at radius 1 is 0.806 bits per heavy atom. The van der Waals surface area contributed by atoms with Crippen LogP contribution in [-0.4, -0.2) is 23.9 Å². The van der Waals surface area contributed by atoms with Crippen LogP contribution in [-0.2, 0) is 19.7 Å². The molecule has 4 heteroatoms. The summed E-state index contributed by atoms with van der Waals surface area (Å²) in [6, 6.07) is 25.9. The number of amides is 1. The van der Waals surface area contributed by atoms with Crippen LogP contribution >= 0.6 is 0 Å². The summed E-state index contributed by atoms with van der Waals surface area (Å²) in [5, 5.41) is 3.01. The second-order valence-electron chi connectivity index (χ2n) is 8.14. The Hall–Kier alpha value is -3.11. The molecule has 0 aromatic heterocycles. The molecule has 1 amide bonds. The van der Waals surface area contributed by atoms with E-state index in [1.807, 2.05) is 48.5 Å². The summed E-state index contributed by atoms with van der Waals surface area (Å²) in [5.74, 6) is 0.598. The van der Waals surface area contributed by atoms with Crippen molar-refractivity contribution in [3.8, 4) is 5.75 Å². The van der Waals surface area contributed by atoms with E-state index in [4.69, 9.17) is 4.74 Å². The highest BCUT2D eigenvalue weighted by Crippen LogP contribution is 2.16. The number of hydrogen-bond donors (Lipinski definition) is 1. The van der Waals surface area contributed by atoms with E-state index in [0.717, 1.165) is 17.7 Å². The van der Waals surface area contributed by atoms with Crippen molar-refractivity contribution in [2.24, 2.45) is 0 Å². The van der Waals surface area contributed by atoms with Gasteiger partial charge >= 0.3 is 0 Å². The monoisotopic (exact) mass is 414 g/mol. The van der Waals surface area contributed by atoms with Crippen LogP contribution < -0.4 is 10.1 Å². The molecule has 1 saturated heterocycles. The summed E-state index contributed by atoms with van der Waals surface area (Å²) in [6.07, 6.45) is 3.97. The number of nitrogens with one attached hydrogen (secondary N) is 1. The van der Waals surface area contributed by atoms with Crippen LogP contribution in [0.3, 0.4) is 0 Å². The second-order valence-corrected chi connectivity index (χ2v) is 8.14. The molecule has 160 valence electrons. The molecule has 1 aliphatic rings. The summed E-state index contributed by atoms with van der Waals surface area (Å²) < 4.78 is 5.84.